The van der Waals surface area contributed by atoms with Crippen LogP contribution in [0.1, 0.15) is 17.3 Å². The first-order valence-corrected chi connectivity index (χ1v) is 7.22. The maximum atomic E-state index is 11.9. The van der Waals surface area contributed by atoms with Crippen molar-refractivity contribution in [2.45, 2.75) is 6.92 Å². The summed E-state index contributed by atoms with van der Waals surface area (Å²) in [4.78, 5) is 33.2. The van der Waals surface area contributed by atoms with E-state index < -0.39 is 10.8 Å². The minimum absolute atomic E-state index is 0.0376. The van der Waals surface area contributed by atoms with Crippen LogP contribution in [0.5, 0.6) is 5.75 Å². The zero-order valence-corrected chi connectivity index (χ0v) is 13.4. The average molecular weight is 349 g/mol. The lowest BCUT2D eigenvalue weighted by Gasteiger charge is -2.09. The zero-order valence-electron chi connectivity index (χ0n) is 12.6. The quantitative estimate of drug-likeness (QED) is 0.489. The van der Waals surface area contributed by atoms with E-state index in [0.717, 1.165) is 6.07 Å². The first kappa shape index (κ1) is 17.4. The topological polar surface area (TPSA) is 98.5 Å². The number of anilines is 1. The molecule has 0 atom stereocenters. The molecule has 0 spiro atoms. The van der Waals surface area contributed by atoms with Crippen LogP contribution < -0.4 is 10.1 Å². The van der Waals surface area contributed by atoms with Crippen LogP contribution in [0.2, 0.25) is 5.02 Å². The Hall–Kier alpha value is -2.93. The molecule has 0 aliphatic carbocycles. The van der Waals surface area contributed by atoms with E-state index in [-0.39, 0.29) is 28.8 Å². The fourth-order valence-electron chi connectivity index (χ4n) is 1.88. The Morgan fingerprint density at radius 2 is 2.00 bits per heavy atom. The number of nitrogens with zero attached hydrogens (tertiary/aromatic N) is 1. The molecule has 1 N–H and O–H groups in total. The lowest BCUT2D eigenvalue weighted by molar-refractivity contribution is -0.384. The van der Waals surface area contributed by atoms with Crippen molar-refractivity contribution >= 4 is 34.7 Å². The number of nitro groups is 1. The number of benzene rings is 2. The van der Waals surface area contributed by atoms with Gasteiger partial charge in [-0.05, 0) is 25.1 Å². The van der Waals surface area contributed by atoms with E-state index in [2.05, 4.69) is 5.32 Å². The molecule has 0 saturated carbocycles. The van der Waals surface area contributed by atoms with E-state index in [1.54, 1.807) is 24.3 Å². The molecule has 0 bridgehead atoms. The van der Waals surface area contributed by atoms with Crippen LogP contribution >= 0.6 is 11.6 Å². The number of Topliss-reactive ketones (excluding diaryl/α,β-unsaturated/α-hetero) is 1. The number of ether oxygens (including phenoxy) is 1. The van der Waals surface area contributed by atoms with Gasteiger partial charge in [-0.3, -0.25) is 19.7 Å². The van der Waals surface area contributed by atoms with Gasteiger partial charge in [0, 0.05) is 23.4 Å². The van der Waals surface area contributed by atoms with Crippen molar-refractivity contribution in [1.29, 1.82) is 0 Å². The third-order valence-corrected chi connectivity index (χ3v) is 3.33. The van der Waals surface area contributed by atoms with Gasteiger partial charge in [0.25, 0.3) is 11.6 Å². The van der Waals surface area contributed by atoms with Crippen LogP contribution in [0.15, 0.2) is 42.5 Å². The summed E-state index contributed by atoms with van der Waals surface area (Å²) >= 11 is 5.87. The highest BCUT2D eigenvalue weighted by Crippen LogP contribution is 2.28. The third-order valence-electron chi connectivity index (χ3n) is 3.04. The van der Waals surface area contributed by atoms with Crippen molar-refractivity contribution < 1.29 is 19.2 Å². The van der Waals surface area contributed by atoms with Gasteiger partial charge in [-0.15, -0.1) is 0 Å². The van der Waals surface area contributed by atoms with Gasteiger partial charge in [0.05, 0.1) is 9.95 Å². The molecule has 0 aliphatic rings. The number of rotatable bonds is 6. The SMILES string of the molecule is CC(=O)c1cccc(NC(=O)COc2ccc([N+](=O)[O-])cc2Cl)c1. The largest absolute Gasteiger partial charge is 0.482 e. The number of halogens is 1. The van der Waals surface area contributed by atoms with Crippen LogP contribution in [-0.4, -0.2) is 23.2 Å². The highest BCUT2D eigenvalue weighted by Gasteiger charge is 2.12. The molecule has 24 heavy (non-hydrogen) atoms. The molecule has 0 aromatic heterocycles. The number of hydrogen-bond acceptors (Lipinski definition) is 5. The van der Waals surface area contributed by atoms with E-state index >= 15 is 0 Å². The van der Waals surface area contributed by atoms with Gasteiger partial charge in [0.2, 0.25) is 0 Å². The van der Waals surface area contributed by atoms with Crippen molar-refractivity contribution in [3.63, 3.8) is 0 Å². The Morgan fingerprint density at radius 3 is 2.62 bits per heavy atom. The van der Waals surface area contributed by atoms with E-state index in [1.165, 1.54) is 19.1 Å². The molecule has 0 aliphatic heterocycles. The van der Waals surface area contributed by atoms with E-state index in [9.17, 15) is 19.7 Å². The molecule has 0 heterocycles. The average Bonchev–Trinajstić information content (AvgIpc) is 2.53. The normalized spacial score (nSPS) is 10.1. The Kier molecular flexibility index (Phi) is 5.49. The molecule has 7 nitrogen and oxygen atoms in total. The highest BCUT2D eigenvalue weighted by atomic mass is 35.5. The second-order valence-corrected chi connectivity index (χ2v) is 5.25. The van der Waals surface area contributed by atoms with Gasteiger partial charge < -0.3 is 10.1 Å². The van der Waals surface area contributed by atoms with Crippen molar-refractivity contribution in [3.05, 3.63) is 63.2 Å². The fraction of sp³-hybridized carbons (Fsp3) is 0.125. The molecule has 2 aromatic rings. The number of carbonyl (C=O) groups is 2. The second-order valence-electron chi connectivity index (χ2n) is 4.85. The predicted octanol–water partition coefficient (Wildman–Crippen LogP) is 3.47. The maximum absolute atomic E-state index is 11.9. The molecule has 2 aromatic carbocycles. The van der Waals surface area contributed by atoms with Crippen LogP contribution in [-0.2, 0) is 4.79 Å². The molecule has 2 rings (SSSR count). The molecule has 1 amide bonds. The van der Waals surface area contributed by atoms with Crippen LogP contribution in [0.3, 0.4) is 0 Å². The molecule has 0 unspecified atom stereocenters. The highest BCUT2D eigenvalue weighted by molar-refractivity contribution is 6.32. The second kappa shape index (κ2) is 7.56. The molecule has 0 saturated heterocycles. The molecule has 124 valence electrons. The standard InChI is InChI=1S/C16H13ClN2O5/c1-10(20)11-3-2-4-12(7-11)18-16(21)9-24-15-6-5-13(19(22)23)8-14(15)17/h2-8H,9H2,1H3,(H,18,21). The summed E-state index contributed by atoms with van der Waals surface area (Å²) in [6.07, 6.45) is 0. The molecule has 0 radical (unpaired) electrons. The predicted molar refractivity (Wildman–Crippen MR) is 88.7 cm³/mol. The first-order valence-electron chi connectivity index (χ1n) is 6.84. The van der Waals surface area contributed by atoms with Crippen molar-refractivity contribution in [2.24, 2.45) is 0 Å². The van der Waals surface area contributed by atoms with E-state index in [4.69, 9.17) is 16.3 Å². The molecular weight excluding hydrogens is 336 g/mol. The van der Waals surface area contributed by atoms with Crippen LogP contribution in [0, 0.1) is 10.1 Å². The summed E-state index contributed by atoms with van der Waals surface area (Å²) in [7, 11) is 0. The van der Waals surface area contributed by atoms with Gasteiger partial charge in [-0.2, -0.15) is 0 Å². The van der Waals surface area contributed by atoms with E-state index in [0.29, 0.717) is 11.3 Å². The summed E-state index contributed by atoms with van der Waals surface area (Å²) in [5.41, 5.74) is 0.774. The Bertz CT molecular complexity index is 807. The van der Waals surface area contributed by atoms with Gasteiger partial charge in [-0.1, -0.05) is 23.7 Å². The number of ketones is 1. The Balaban J connectivity index is 1.97. The Morgan fingerprint density at radius 1 is 1.25 bits per heavy atom. The molecule has 0 fully saturated rings. The molecule has 8 heteroatoms. The number of nitrogens with one attached hydrogen (secondary N) is 1. The number of nitro benzene ring substituents is 1. The number of non-ortho nitro benzene ring substituents is 1. The van der Waals surface area contributed by atoms with Crippen molar-refractivity contribution in [1.82, 2.24) is 0 Å². The lowest BCUT2D eigenvalue weighted by Crippen LogP contribution is -2.20. The van der Waals surface area contributed by atoms with E-state index in [1.807, 2.05) is 0 Å². The Labute approximate surface area is 142 Å². The summed E-state index contributed by atoms with van der Waals surface area (Å²) < 4.78 is 5.25. The smallest absolute Gasteiger partial charge is 0.271 e. The van der Waals surface area contributed by atoms with Crippen molar-refractivity contribution in [3.8, 4) is 5.75 Å². The summed E-state index contributed by atoms with van der Waals surface area (Å²) in [6, 6.07) is 10.2. The first-order chi connectivity index (χ1) is 11.4. The number of carbonyl (C=O) groups excluding carboxylic acids is 2. The zero-order chi connectivity index (χ0) is 17.7. The van der Waals surface area contributed by atoms with Gasteiger partial charge >= 0.3 is 0 Å². The number of hydrogen-bond donors (Lipinski definition) is 1. The lowest BCUT2D eigenvalue weighted by atomic mass is 10.1. The molecular formula is C16H13ClN2O5. The fourth-order valence-corrected chi connectivity index (χ4v) is 2.11. The van der Waals surface area contributed by atoms with Crippen molar-refractivity contribution in [2.75, 3.05) is 11.9 Å². The van der Waals surface area contributed by atoms with Gasteiger partial charge in [0.1, 0.15) is 5.75 Å². The third kappa shape index (κ3) is 4.53. The monoisotopic (exact) mass is 348 g/mol. The minimum atomic E-state index is -0.579. The summed E-state index contributed by atoms with van der Waals surface area (Å²) in [5.74, 6) is -0.403. The van der Waals surface area contributed by atoms with Crippen LogP contribution in [0.4, 0.5) is 11.4 Å². The summed E-state index contributed by atoms with van der Waals surface area (Å²) in [5, 5.41) is 13.3. The van der Waals surface area contributed by atoms with Gasteiger partial charge in [0.15, 0.2) is 12.4 Å². The number of amides is 1. The maximum Gasteiger partial charge on any atom is 0.271 e. The minimum Gasteiger partial charge on any atom is -0.482 e. The summed E-state index contributed by atoms with van der Waals surface area (Å²) in [6.45, 7) is 1.10. The van der Waals surface area contributed by atoms with Crippen LogP contribution in [0.25, 0.3) is 0 Å². The van der Waals surface area contributed by atoms with Gasteiger partial charge in [-0.25, -0.2) is 0 Å².